The number of hydrogen-bond donors (Lipinski definition) is 0. The van der Waals surface area contributed by atoms with Gasteiger partial charge in [-0.3, -0.25) is 14.3 Å². The lowest BCUT2D eigenvalue weighted by Gasteiger charge is -2.04. The van der Waals surface area contributed by atoms with E-state index in [-0.39, 0.29) is 0 Å². The SMILES string of the molecule is O=C1c2ccccc2C(=O)N1/N=C\c1cnn(Cc2ccccc2)c1. The van der Waals surface area contributed by atoms with E-state index < -0.39 is 11.8 Å². The van der Waals surface area contributed by atoms with E-state index in [1.165, 1.54) is 6.21 Å². The molecule has 3 aromatic rings. The van der Waals surface area contributed by atoms with Crippen LogP contribution in [-0.2, 0) is 6.54 Å². The minimum atomic E-state index is -0.409. The van der Waals surface area contributed by atoms with Gasteiger partial charge in [-0.1, -0.05) is 42.5 Å². The first kappa shape index (κ1) is 15.0. The molecule has 2 amide bonds. The first-order chi connectivity index (χ1) is 12.2. The molecule has 0 N–H and O–H groups in total. The molecule has 0 atom stereocenters. The van der Waals surface area contributed by atoms with Crippen LogP contribution in [0.15, 0.2) is 72.1 Å². The monoisotopic (exact) mass is 330 g/mol. The fourth-order valence-corrected chi connectivity index (χ4v) is 2.71. The minimum Gasteiger partial charge on any atom is -0.268 e. The lowest BCUT2D eigenvalue weighted by Crippen LogP contribution is -2.23. The zero-order valence-corrected chi connectivity index (χ0v) is 13.2. The lowest BCUT2D eigenvalue weighted by molar-refractivity contribution is 0.0660. The van der Waals surface area contributed by atoms with Gasteiger partial charge >= 0.3 is 0 Å². The van der Waals surface area contributed by atoms with E-state index in [0.29, 0.717) is 23.2 Å². The maximum atomic E-state index is 12.2. The number of carbonyl (C=O) groups is 2. The summed E-state index contributed by atoms with van der Waals surface area (Å²) in [5.74, 6) is -0.818. The zero-order valence-electron chi connectivity index (χ0n) is 13.2. The van der Waals surface area contributed by atoms with Crippen molar-refractivity contribution in [1.29, 1.82) is 0 Å². The molecule has 0 bridgehead atoms. The summed E-state index contributed by atoms with van der Waals surface area (Å²) in [6.07, 6.45) is 4.93. The highest BCUT2D eigenvalue weighted by Gasteiger charge is 2.35. The van der Waals surface area contributed by atoms with Crippen molar-refractivity contribution in [3.8, 4) is 0 Å². The predicted octanol–water partition coefficient (Wildman–Crippen LogP) is 2.56. The predicted molar refractivity (Wildman–Crippen MR) is 92.3 cm³/mol. The molecular formula is C19H14N4O2. The highest BCUT2D eigenvalue weighted by atomic mass is 16.2. The van der Waals surface area contributed by atoms with Crippen molar-refractivity contribution < 1.29 is 9.59 Å². The Balaban J connectivity index is 1.50. The smallest absolute Gasteiger partial charge is 0.268 e. The molecule has 1 aromatic heterocycles. The summed E-state index contributed by atoms with van der Waals surface area (Å²) < 4.78 is 1.78. The Kier molecular flexibility index (Phi) is 3.70. The highest BCUT2D eigenvalue weighted by Crippen LogP contribution is 2.22. The Hall–Kier alpha value is -3.54. The van der Waals surface area contributed by atoms with E-state index in [4.69, 9.17) is 0 Å². The van der Waals surface area contributed by atoms with Crippen molar-refractivity contribution in [2.75, 3.05) is 0 Å². The molecule has 0 unspecified atom stereocenters. The van der Waals surface area contributed by atoms with Crippen LogP contribution in [0.2, 0.25) is 0 Å². The van der Waals surface area contributed by atoms with Gasteiger partial charge in [-0.2, -0.15) is 15.2 Å². The van der Waals surface area contributed by atoms with Crippen molar-refractivity contribution in [3.63, 3.8) is 0 Å². The molecule has 1 aliphatic rings. The summed E-state index contributed by atoms with van der Waals surface area (Å²) in [5, 5.41) is 9.21. The zero-order chi connectivity index (χ0) is 17.2. The normalized spacial score (nSPS) is 13.7. The Morgan fingerprint density at radius 3 is 2.24 bits per heavy atom. The number of amides is 2. The van der Waals surface area contributed by atoms with E-state index in [2.05, 4.69) is 10.2 Å². The van der Waals surface area contributed by atoms with Crippen LogP contribution >= 0.6 is 0 Å². The topological polar surface area (TPSA) is 67.6 Å². The largest absolute Gasteiger partial charge is 0.282 e. The van der Waals surface area contributed by atoms with Crippen molar-refractivity contribution in [2.24, 2.45) is 5.10 Å². The van der Waals surface area contributed by atoms with Gasteiger partial charge in [-0.05, 0) is 17.7 Å². The van der Waals surface area contributed by atoms with E-state index in [0.717, 1.165) is 10.6 Å². The molecule has 25 heavy (non-hydrogen) atoms. The first-order valence-electron chi connectivity index (χ1n) is 7.80. The fourth-order valence-electron chi connectivity index (χ4n) is 2.71. The van der Waals surface area contributed by atoms with Crippen LogP contribution in [0.1, 0.15) is 31.8 Å². The van der Waals surface area contributed by atoms with Gasteiger partial charge in [0.15, 0.2) is 0 Å². The van der Waals surface area contributed by atoms with Crippen LogP contribution in [-0.4, -0.2) is 32.8 Å². The van der Waals surface area contributed by atoms with Gasteiger partial charge < -0.3 is 0 Å². The number of hydrazone groups is 1. The summed E-state index contributed by atoms with van der Waals surface area (Å²) in [6, 6.07) is 16.7. The Morgan fingerprint density at radius 1 is 0.920 bits per heavy atom. The van der Waals surface area contributed by atoms with Crippen LogP contribution in [0.25, 0.3) is 0 Å². The van der Waals surface area contributed by atoms with Crippen LogP contribution in [0.3, 0.4) is 0 Å². The molecule has 0 saturated carbocycles. The van der Waals surface area contributed by atoms with Gasteiger partial charge in [0.2, 0.25) is 0 Å². The molecule has 0 saturated heterocycles. The third-order valence-electron chi connectivity index (χ3n) is 3.94. The van der Waals surface area contributed by atoms with E-state index in [1.54, 1.807) is 35.1 Å². The molecular weight excluding hydrogens is 316 g/mol. The number of carbonyl (C=O) groups excluding carboxylic acids is 2. The summed E-state index contributed by atoms with van der Waals surface area (Å²) in [7, 11) is 0. The number of nitrogens with zero attached hydrogens (tertiary/aromatic N) is 4. The van der Waals surface area contributed by atoms with Crippen molar-refractivity contribution in [2.45, 2.75) is 6.54 Å². The van der Waals surface area contributed by atoms with Gasteiger partial charge in [0, 0.05) is 11.8 Å². The average Bonchev–Trinajstić information content (AvgIpc) is 3.18. The maximum Gasteiger partial charge on any atom is 0.282 e. The molecule has 0 aliphatic carbocycles. The standard InChI is InChI=1S/C19H14N4O2/c24-18-16-8-4-5-9-17(16)19(25)23(18)21-11-15-10-20-22(13-15)12-14-6-2-1-3-7-14/h1-11,13H,12H2/b21-11-. The number of aromatic nitrogens is 2. The second-order valence-corrected chi connectivity index (χ2v) is 5.67. The number of imide groups is 1. The molecule has 6 heteroatoms. The molecule has 2 heterocycles. The molecule has 122 valence electrons. The molecule has 0 spiro atoms. The van der Waals surface area contributed by atoms with Gasteiger partial charge in [0.05, 0.1) is 30.1 Å². The number of benzene rings is 2. The third kappa shape index (κ3) is 2.85. The third-order valence-corrected chi connectivity index (χ3v) is 3.94. The second kappa shape index (κ2) is 6.16. The number of fused-ring (bicyclic) bond motifs is 1. The van der Waals surface area contributed by atoms with E-state index >= 15 is 0 Å². The van der Waals surface area contributed by atoms with E-state index in [1.807, 2.05) is 36.5 Å². The summed E-state index contributed by atoms with van der Waals surface area (Å²) in [6.45, 7) is 0.641. The molecule has 1 aliphatic heterocycles. The van der Waals surface area contributed by atoms with Crippen LogP contribution in [0, 0.1) is 0 Å². The first-order valence-corrected chi connectivity index (χ1v) is 7.80. The van der Waals surface area contributed by atoms with Gasteiger partial charge in [0.25, 0.3) is 11.8 Å². The molecule has 0 fully saturated rings. The van der Waals surface area contributed by atoms with Gasteiger partial charge in [0.1, 0.15) is 0 Å². The number of hydrogen-bond acceptors (Lipinski definition) is 4. The van der Waals surface area contributed by atoms with Crippen molar-refractivity contribution in [1.82, 2.24) is 14.8 Å². The van der Waals surface area contributed by atoms with Gasteiger partial charge in [-0.25, -0.2) is 0 Å². The van der Waals surface area contributed by atoms with Crippen LogP contribution < -0.4 is 0 Å². The number of rotatable bonds is 4. The van der Waals surface area contributed by atoms with Crippen LogP contribution in [0.4, 0.5) is 0 Å². The van der Waals surface area contributed by atoms with E-state index in [9.17, 15) is 9.59 Å². The Labute approximate surface area is 144 Å². The minimum absolute atomic E-state index is 0.379. The second-order valence-electron chi connectivity index (χ2n) is 5.67. The molecule has 4 rings (SSSR count). The van der Waals surface area contributed by atoms with Crippen molar-refractivity contribution >= 4 is 18.0 Å². The molecule has 2 aromatic carbocycles. The highest BCUT2D eigenvalue weighted by molar-refractivity contribution is 6.21. The molecule has 0 radical (unpaired) electrons. The lowest BCUT2D eigenvalue weighted by atomic mass is 10.1. The quantitative estimate of drug-likeness (QED) is 0.545. The fraction of sp³-hybridized carbons (Fsp3) is 0.0526. The average molecular weight is 330 g/mol. The van der Waals surface area contributed by atoms with Crippen molar-refractivity contribution in [3.05, 3.63) is 89.2 Å². The van der Waals surface area contributed by atoms with Crippen LogP contribution in [0.5, 0.6) is 0 Å². The molecule has 6 nitrogen and oxygen atoms in total. The maximum absolute atomic E-state index is 12.2. The Bertz CT molecular complexity index is 941. The summed E-state index contributed by atoms with van der Waals surface area (Å²) in [4.78, 5) is 24.5. The summed E-state index contributed by atoms with van der Waals surface area (Å²) in [5.41, 5.74) is 2.61. The summed E-state index contributed by atoms with van der Waals surface area (Å²) >= 11 is 0. The van der Waals surface area contributed by atoms with Gasteiger partial charge in [-0.15, -0.1) is 0 Å². The Morgan fingerprint density at radius 2 is 1.56 bits per heavy atom.